The Hall–Kier alpha value is -1.36. The van der Waals surface area contributed by atoms with Gasteiger partial charge in [-0.25, -0.2) is 17.6 Å². The van der Waals surface area contributed by atoms with Crippen LogP contribution < -0.4 is 0 Å². The van der Waals surface area contributed by atoms with Crippen LogP contribution in [0.2, 0.25) is 0 Å². The van der Waals surface area contributed by atoms with Crippen LogP contribution in [-0.4, -0.2) is 24.6 Å². The largest absolute Gasteiger partial charge is 0.380 e. The van der Waals surface area contributed by atoms with Gasteiger partial charge >= 0.3 is 0 Å². The van der Waals surface area contributed by atoms with Gasteiger partial charge in [-0.2, -0.15) is 0 Å². The fourth-order valence-electron chi connectivity index (χ4n) is 12.1. The average molecular weight is 687 g/mol. The first kappa shape index (κ1) is 37.4. The Morgan fingerprint density at radius 1 is 0.571 bits per heavy atom. The van der Waals surface area contributed by atoms with Crippen LogP contribution in [0, 0.1) is 46.3 Å². The molecule has 5 heteroatoms. The molecule has 0 bridgehead atoms. The maximum atomic E-state index is 17.1. The number of hydrogen-bond donors (Lipinski definition) is 0. The van der Waals surface area contributed by atoms with E-state index in [-0.39, 0.29) is 36.9 Å². The number of hydrogen-bond acceptors (Lipinski definition) is 1. The van der Waals surface area contributed by atoms with Crippen LogP contribution >= 0.6 is 0 Å². The molecule has 0 amide bonds. The molecule has 6 aliphatic rings. The quantitative estimate of drug-likeness (QED) is 0.147. The Labute approximate surface area is 295 Å². The first-order chi connectivity index (χ1) is 23.7. The lowest BCUT2D eigenvalue weighted by atomic mass is 9.53. The van der Waals surface area contributed by atoms with Crippen molar-refractivity contribution in [1.82, 2.24) is 0 Å². The van der Waals surface area contributed by atoms with Crippen molar-refractivity contribution in [2.45, 2.75) is 166 Å². The van der Waals surface area contributed by atoms with Gasteiger partial charge in [0.05, 0.1) is 13.2 Å². The van der Waals surface area contributed by atoms with E-state index in [2.05, 4.69) is 13.8 Å². The minimum Gasteiger partial charge on any atom is -0.380 e. The first-order valence-corrected chi connectivity index (χ1v) is 20.8. The molecule has 0 unspecified atom stereocenters. The molecule has 0 aromatic heterocycles. The van der Waals surface area contributed by atoms with E-state index in [9.17, 15) is 0 Å². The zero-order valence-corrected chi connectivity index (χ0v) is 30.8. The highest BCUT2D eigenvalue weighted by molar-refractivity contribution is 5.35. The molecule has 0 aliphatic heterocycles. The van der Waals surface area contributed by atoms with Crippen LogP contribution in [0.5, 0.6) is 0 Å². The third-order valence-electron chi connectivity index (χ3n) is 14.8. The highest BCUT2D eigenvalue weighted by Crippen LogP contribution is 2.62. The summed E-state index contributed by atoms with van der Waals surface area (Å²) in [7, 11) is 0. The van der Waals surface area contributed by atoms with Crippen molar-refractivity contribution < 1.29 is 22.3 Å². The van der Waals surface area contributed by atoms with Gasteiger partial charge < -0.3 is 4.74 Å². The predicted octanol–water partition coefficient (Wildman–Crippen LogP) is 13.6. The molecule has 276 valence electrons. The van der Waals surface area contributed by atoms with Crippen molar-refractivity contribution in [3.05, 3.63) is 48.1 Å². The molecule has 4 saturated carbocycles. The SMILES string of the molecule is CCC[C@H]1CC[C@H](C2([C@@]3(F)C=C[C@@H](COC[C@@H]4C=C[C@](F)(C5([C@H]6CC[C@H](CCC)CC6)CCCCC5)C(F)=C4)C=C3F)CCCCC2)CC1. The summed E-state index contributed by atoms with van der Waals surface area (Å²) in [5.41, 5.74) is -5.44. The second-order valence-corrected chi connectivity index (χ2v) is 17.5. The highest BCUT2D eigenvalue weighted by atomic mass is 19.2. The maximum absolute atomic E-state index is 17.1. The standard InChI is InChI=1S/C44H66F4O/c1-3-11-33-13-17-37(18-14-33)41(23-7-5-8-24-41)43(47)27-21-35(29-39(43)45)31-49-32-36-22-28-44(48,40(46)30-36)42(25-9-6-10-26-42)38-19-15-34(12-4-2)16-20-38/h21-22,27-30,33-38H,3-20,23-26,31-32H2,1-2H3/t33-,34-,35-,36-,37-,38-,43-,44-/m1/s1. The summed E-state index contributed by atoms with van der Waals surface area (Å²) in [6.45, 7) is 4.86. The number of ether oxygens (including phenoxy) is 1. The molecule has 0 saturated heterocycles. The molecule has 0 heterocycles. The van der Waals surface area contributed by atoms with Crippen molar-refractivity contribution in [3.8, 4) is 0 Å². The van der Waals surface area contributed by atoms with E-state index in [1.54, 1.807) is 0 Å². The van der Waals surface area contributed by atoms with Crippen LogP contribution in [0.25, 0.3) is 0 Å². The summed E-state index contributed by atoms with van der Waals surface area (Å²) in [4.78, 5) is 0. The molecule has 0 aromatic carbocycles. The third kappa shape index (κ3) is 7.33. The van der Waals surface area contributed by atoms with E-state index in [4.69, 9.17) is 4.74 Å². The average Bonchev–Trinajstić information content (AvgIpc) is 3.13. The molecule has 0 aromatic rings. The van der Waals surface area contributed by atoms with Gasteiger partial charge in [0, 0.05) is 22.7 Å². The lowest BCUT2D eigenvalue weighted by Gasteiger charge is -2.53. The summed E-state index contributed by atoms with van der Waals surface area (Å²) in [5, 5.41) is 0. The summed E-state index contributed by atoms with van der Waals surface area (Å²) in [6.07, 6.45) is 32.1. The van der Waals surface area contributed by atoms with Gasteiger partial charge in [0.2, 0.25) is 0 Å². The van der Waals surface area contributed by atoms with E-state index in [0.717, 1.165) is 127 Å². The molecule has 4 atom stereocenters. The van der Waals surface area contributed by atoms with Gasteiger partial charge in [-0.3, -0.25) is 0 Å². The van der Waals surface area contributed by atoms with Gasteiger partial charge in [-0.05, 0) is 99.3 Å². The van der Waals surface area contributed by atoms with Gasteiger partial charge in [0.15, 0.2) is 11.3 Å². The Morgan fingerprint density at radius 2 is 0.939 bits per heavy atom. The number of alkyl halides is 2. The Morgan fingerprint density at radius 3 is 1.27 bits per heavy atom. The summed E-state index contributed by atoms with van der Waals surface area (Å²) in [6, 6.07) is 0. The monoisotopic (exact) mass is 687 g/mol. The minimum atomic E-state index is -2.06. The fraction of sp³-hybridized carbons (Fsp3) is 0.818. The molecule has 1 nitrogen and oxygen atoms in total. The predicted molar refractivity (Wildman–Crippen MR) is 194 cm³/mol. The second kappa shape index (κ2) is 16.1. The first-order valence-electron chi connectivity index (χ1n) is 20.8. The highest BCUT2D eigenvalue weighted by Gasteiger charge is 2.60. The van der Waals surface area contributed by atoms with E-state index in [1.165, 1.54) is 50.0 Å². The second-order valence-electron chi connectivity index (χ2n) is 17.5. The molecule has 0 radical (unpaired) electrons. The zero-order valence-electron chi connectivity index (χ0n) is 30.8. The van der Waals surface area contributed by atoms with Crippen LogP contribution in [-0.2, 0) is 4.74 Å². The number of allylic oxidation sites excluding steroid dienone is 4. The zero-order chi connectivity index (χ0) is 34.5. The van der Waals surface area contributed by atoms with E-state index >= 15 is 17.6 Å². The van der Waals surface area contributed by atoms with Gasteiger partial charge in [0.25, 0.3) is 0 Å². The summed E-state index contributed by atoms with van der Waals surface area (Å²) in [5.74, 6) is -0.147. The smallest absolute Gasteiger partial charge is 0.185 e. The molecular formula is C44H66F4O. The Bertz CT molecular complexity index is 1100. The van der Waals surface area contributed by atoms with Crippen LogP contribution in [0.15, 0.2) is 48.1 Å². The molecule has 0 spiro atoms. The number of rotatable bonds is 12. The minimum absolute atomic E-state index is 0.195. The van der Waals surface area contributed by atoms with E-state index in [1.807, 2.05) is 12.2 Å². The fourth-order valence-corrected chi connectivity index (χ4v) is 12.1. The normalized spacial score (nSPS) is 39.3. The van der Waals surface area contributed by atoms with Gasteiger partial charge in [0.1, 0.15) is 11.7 Å². The summed E-state index contributed by atoms with van der Waals surface area (Å²) < 4.78 is 72.5. The Kier molecular flexibility index (Phi) is 12.3. The van der Waals surface area contributed by atoms with Crippen LogP contribution in [0.3, 0.4) is 0 Å². The molecule has 6 rings (SSSR count). The van der Waals surface area contributed by atoms with Gasteiger partial charge in [-0.15, -0.1) is 0 Å². The third-order valence-corrected chi connectivity index (χ3v) is 14.8. The number of halogens is 4. The summed E-state index contributed by atoms with van der Waals surface area (Å²) >= 11 is 0. The molecular weight excluding hydrogens is 620 g/mol. The molecule has 6 aliphatic carbocycles. The van der Waals surface area contributed by atoms with Crippen molar-refractivity contribution in [2.24, 2.45) is 46.3 Å². The molecule has 4 fully saturated rings. The van der Waals surface area contributed by atoms with Crippen molar-refractivity contribution in [3.63, 3.8) is 0 Å². The van der Waals surface area contributed by atoms with Crippen LogP contribution in [0.1, 0.15) is 155 Å². The van der Waals surface area contributed by atoms with Crippen LogP contribution in [0.4, 0.5) is 17.6 Å². The van der Waals surface area contributed by atoms with Crippen molar-refractivity contribution in [1.29, 1.82) is 0 Å². The van der Waals surface area contributed by atoms with Crippen molar-refractivity contribution >= 4 is 0 Å². The topological polar surface area (TPSA) is 9.23 Å². The van der Waals surface area contributed by atoms with E-state index < -0.39 is 33.8 Å². The Balaban J connectivity index is 1.07. The molecule has 49 heavy (non-hydrogen) atoms. The van der Waals surface area contributed by atoms with Gasteiger partial charge in [-0.1, -0.05) is 116 Å². The molecule has 0 N–H and O–H groups in total. The maximum Gasteiger partial charge on any atom is 0.185 e. The lowest BCUT2D eigenvalue weighted by Crippen LogP contribution is -2.52. The van der Waals surface area contributed by atoms with E-state index in [0.29, 0.717) is 0 Å². The van der Waals surface area contributed by atoms with Crippen molar-refractivity contribution in [2.75, 3.05) is 13.2 Å². The lowest BCUT2D eigenvalue weighted by molar-refractivity contribution is -0.0590.